The normalized spacial score (nSPS) is 26.0. The fraction of sp³-hybridized carbons (Fsp3) is 0.611. The molecule has 5 nitrogen and oxygen atoms in total. The topological polar surface area (TPSA) is 67.8 Å². The number of hydrogen-bond donors (Lipinski definition) is 1. The van der Waals surface area contributed by atoms with Gasteiger partial charge in [0.25, 0.3) is 10.0 Å². The second kappa shape index (κ2) is 7.55. The van der Waals surface area contributed by atoms with Crippen LogP contribution in [0.25, 0.3) is 0 Å². The summed E-state index contributed by atoms with van der Waals surface area (Å²) in [6.45, 7) is 2.45. The molecule has 0 radical (unpaired) electrons. The van der Waals surface area contributed by atoms with Crippen LogP contribution in [0.3, 0.4) is 0 Å². The Balaban J connectivity index is 1.63. The summed E-state index contributed by atoms with van der Waals surface area (Å²) in [5.41, 5.74) is 0.993. The van der Waals surface area contributed by atoms with Crippen LogP contribution >= 0.6 is 0 Å². The largest absolute Gasteiger partial charge is 0.494 e. The van der Waals surface area contributed by atoms with E-state index in [0.717, 1.165) is 30.9 Å². The predicted octanol–water partition coefficient (Wildman–Crippen LogP) is 3.71. The summed E-state index contributed by atoms with van der Waals surface area (Å²) in [6.07, 6.45) is 8.23. The standard InChI is InChI=1S/C18H26N2O3S/c1-2-23-17-9-11-18(12-10-17)24(21,22)20-19-16-8-7-14-5-3-4-6-15(14)13-16/h9-12,14-15,20H,2-8,13H2,1H3/b19-16+/t14-,15-/m1/s1. The lowest BCUT2D eigenvalue weighted by Crippen LogP contribution is -2.29. The third-order valence-corrected chi connectivity index (χ3v) is 6.36. The van der Waals surface area contributed by atoms with Crippen molar-refractivity contribution < 1.29 is 13.2 Å². The molecule has 2 saturated carbocycles. The van der Waals surface area contributed by atoms with Crippen molar-refractivity contribution in [2.24, 2.45) is 16.9 Å². The van der Waals surface area contributed by atoms with E-state index >= 15 is 0 Å². The van der Waals surface area contributed by atoms with E-state index in [1.165, 1.54) is 25.7 Å². The Labute approximate surface area is 144 Å². The van der Waals surface area contributed by atoms with Crippen LogP contribution < -0.4 is 9.57 Å². The Morgan fingerprint density at radius 2 is 1.83 bits per heavy atom. The molecule has 0 amide bonds. The van der Waals surface area contributed by atoms with E-state index in [1.807, 2.05) is 6.92 Å². The molecule has 0 unspecified atom stereocenters. The number of fused-ring (bicyclic) bond motifs is 1. The second-order valence-corrected chi connectivity index (χ2v) is 8.39. The van der Waals surface area contributed by atoms with Crippen LogP contribution in [0.4, 0.5) is 0 Å². The van der Waals surface area contributed by atoms with E-state index in [0.29, 0.717) is 18.3 Å². The molecule has 0 aliphatic heterocycles. The van der Waals surface area contributed by atoms with Gasteiger partial charge in [-0.2, -0.15) is 13.5 Å². The van der Waals surface area contributed by atoms with E-state index in [4.69, 9.17) is 4.74 Å². The zero-order valence-corrected chi connectivity index (χ0v) is 15.0. The van der Waals surface area contributed by atoms with E-state index in [2.05, 4.69) is 9.93 Å². The molecule has 1 N–H and O–H groups in total. The molecule has 0 saturated heterocycles. The van der Waals surface area contributed by atoms with Crippen molar-refractivity contribution in [2.75, 3.05) is 6.61 Å². The highest BCUT2D eigenvalue weighted by Crippen LogP contribution is 2.39. The molecule has 0 aromatic heterocycles. The van der Waals surface area contributed by atoms with Crippen LogP contribution in [0, 0.1) is 11.8 Å². The molecule has 2 aliphatic carbocycles. The van der Waals surface area contributed by atoms with Crippen LogP contribution in [-0.2, 0) is 10.0 Å². The molecule has 0 bridgehead atoms. The highest BCUT2D eigenvalue weighted by Gasteiger charge is 2.30. The van der Waals surface area contributed by atoms with Gasteiger partial charge in [-0.25, -0.2) is 4.83 Å². The van der Waals surface area contributed by atoms with Gasteiger partial charge in [-0.3, -0.25) is 0 Å². The first-order valence-corrected chi connectivity index (χ1v) is 10.4. The van der Waals surface area contributed by atoms with E-state index in [9.17, 15) is 8.42 Å². The first-order valence-electron chi connectivity index (χ1n) is 8.88. The van der Waals surface area contributed by atoms with Gasteiger partial charge in [-0.1, -0.05) is 19.3 Å². The Bertz CT molecular complexity index is 683. The first kappa shape index (κ1) is 17.3. The molecule has 2 fully saturated rings. The monoisotopic (exact) mass is 350 g/mol. The molecular weight excluding hydrogens is 324 g/mol. The first-order chi connectivity index (χ1) is 11.6. The Hall–Kier alpha value is -1.56. The molecule has 1 aromatic carbocycles. The number of nitrogens with one attached hydrogen (secondary N) is 1. The SMILES string of the molecule is CCOc1ccc(S(=O)(=O)N/N=C2\CC[C@H]3CCCC[C@@H]3C2)cc1. The lowest BCUT2D eigenvalue weighted by atomic mass is 9.70. The van der Waals surface area contributed by atoms with Crippen LogP contribution in [0.15, 0.2) is 34.3 Å². The van der Waals surface area contributed by atoms with Gasteiger partial charge in [0.15, 0.2) is 0 Å². The molecule has 132 valence electrons. The highest BCUT2D eigenvalue weighted by atomic mass is 32.2. The van der Waals surface area contributed by atoms with Crippen LogP contribution in [0.1, 0.15) is 51.9 Å². The maximum absolute atomic E-state index is 12.4. The minimum Gasteiger partial charge on any atom is -0.494 e. The predicted molar refractivity (Wildman–Crippen MR) is 94.7 cm³/mol. The van der Waals surface area contributed by atoms with Crippen LogP contribution in [0.2, 0.25) is 0 Å². The van der Waals surface area contributed by atoms with Crippen molar-refractivity contribution >= 4 is 15.7 Å². The maximum Gasteiger partial charge on any atom is 0.276 e. The molecule has 0 heterocycles. The molecule has 24 heavy (non-hydrogen) atoms. The van der Waals surface area contributed by atoms with Crippen molar-refractivity contribution in [1.29, 1.82) is 0 Å². The maximum atomic E-state index is 12.4. The lowest BCUT2D eigenvalue weighted by Gasteiger charge is -2.35. The number of hydrogen-bond acceptors (Lipinski definition) is 4. The van der Waals surface area contributed by atoms with Gasteiger partial charge in [0.2, 0.25) is 0 Å². The van der Waals surface area contributed by atoms with E-state index in [-0.39, 0.29) is 4.90 Å². The van der Waals surface area contributed by atoms with Gasteiger partial charge >= 0.3 is 0 Å². The number of hydrazone groups is 1. The highest BCUT2D eigenvalue weighted by molar-refractivity contribution is 7.89. The summed E-state index contributed by atoms with van der Waals surface area (Å²) in [6, 6.07) is 6.42. The summed E-state index contributed by atoms with van der Waals surface area (Å²) in [5, 5.41) is 4.23. The fourth-order valence-electron chi connectivity index (χ4n) is 3.85. The Kier molecular flexibility index (Phi) is 5.43. The average molecular weight is 350 g/mol. The van der Waals surface area contributed by atoms with Gasteiger partial charge in [0.1, 0.15) is 5.75 Å². The third kappa shape index (κ3) is 4.09. The van der Waals surface area contributed by atoms with E-state index < -0.39 is 10.0 Å². The summed E-state index contributed by atoms with van der Waals surface area (Å²) < 4.78 is 30.1. The van der Waals surface area contributed by atoms with Crippen molar-refractivity contribution in [3.05, 3.63) is 24.3 Å². The molecule has 1 aromatic rings. The zero-order chi connectivity index (χ0) is 17.0. The van der Waals surface area contributed by atoms with Crippen molar-refractivity contribution in [3.63, 3.8) is 0 Å². The zero-order valence-electron chi connectivity index (χ0n) is 14.2. The van der Waals surface area contributed by atoms with Crippen LogP contribution in [0.5, 0.6) is 5.75 Å². The third-order valence-electron chi connectivity index (χ3n) is 5.14. The fourth-order valence-corrected chi connectivity index (χ4v) is 4.70. The van der Waals surface area contributed by atoms with Gasteiger partial charge in [0.05, 0.1) is 11.5 Å². The van der Waals surface area contributed by atoms with Crippen LogP contribution in [-0.4, -0.2) is 20.7 Å². The quantitative estimate of drug-likeness (QED) is 0.823. The summed E-state index contributed by atoms with van der Waals surface area (Å²) >= 11 is 0. The molecular formula is C18H26N2O3S. The van der Waals surface area contributed by atoms with Gasteiger partial charge in [-0.05, 0) is 68.7 Å². The molecule has 2 atom stereocenters. The average Bonchev–Trinajstić information content (AvgIpc) is 2.61. The van der Waals surface area contributed by atoms with Gasteiger partial charge in [0, 0.05) is 5.71 Å². The number of sulfonamides is 1. The van der Waals surface area contributed by atoms with Crippen molar-refractivity contribution in [1.82, 2.24) is 4.83 Å². The molecule has 0 spiro atoms. The Morgan fingerprint density at radius 3 is 2.54 bits per heavy atom. The summed E-state index contributed by atoms with van der Waals surface area (Å²) in [7, 11) is -3.61. The number of ether oxygens (including phenoxy) is 1. The summed E-state index contributed by atoms with van der Waals surface area (Å²) in [5.74, 6) is 2.18. The van der Waals surface area contributed by atoms with Gasteiger partial charge < -0.3 is 4.74 Å². The second-order valence-electron chi connectivity index (χ2n) is 6.72. The molecule has 6 heteroatoms. The lowest BCUT2D eigenvalue weighted by molar-refractivity contribution is 0.218. The number of nitrogens with zero attached hydrogens (tertiary/aromatic N) is 1. The smallest absolute Gasteiger partial charge is 0.276 e. The van der Waals surface area contributed by atoms with Gasteiger partial charge in [-0.15, -0.1) is 0 Å². The number of rotatable bonds is 5. The van der Waals surface area contributed by atoms with Crippen molar-refractivity contribution in [3.8, 4) is 5.75 Å². The Morgan fingerprint density at radius 1 is 1.12 bits per heavy atom. The molecule has 2 aliphatic rings. The van der Waals surface area contributed by atoms with E-state index in [1.54, 1.807) is 24.3 Å². The number of benzene rings is 1. The summed E-state index contributed by atoms with van der Waals surface area (Å²) in [4.78, 5) is 2.62. The molecule has 3 rings (SSSR count). The van der Waals surface area contributed by atoms with Crippen molar-refractivity contribution in [2.45, 2.75) is 56.8 Å². The minimum atomic E-state index is -3.61. The minimum absolute atomic E-state index is 0.210.